The first-order chi connectivity index (χ1) is 12.7. The molecule has 0 spiro atoms. The molecule has 0 radical (unpaired) electrons. The number of hydrogen-bond donors (Lipinski definition) is 1. The Bertz CT molecular complexity index is 950. The van der Waals surface area contributed by atoms with E-state index in [2.05, 4.69) is 0 Å². The normalized spacial score (nSPS) is 15.7. The summed E-state index contributed by atoms with van der Waals surface area (Å²) in [6.45, 7) is 2.96. The van der Waals surface area contributed by atoms with Crippen LogP contribution in [0.15, 0.2) is 48.0 Å². The van der Waals surface area contributed by atoms with E-state index in [0.717, 1.165) is 11.1 Å². The molecule has 1 heterocycles. The molecule has 2 aromatic rings. The van der Waals surface area contributed by atoms with E-state index in [4.69, 9.17) is 26.2 Å². The zero-order valence-electron chi connectivity index (χ0n) is 14.5. The number of carbonyl (C=O) groups is 3. The quantitative estimate of drug-likeness (QED) is 0.488. The molecule has 0 atom stereocenters. The Morgan fingerprint density at radius 1 is 1.00 bits per heavy atom. The van der Waals surface area contributed by atoms with Crippen molar-refractivity contribution in [2.45, 2.75) is 19.6 Å². The summed E-state index contributed by atoms with van der Waals surface area (Å²) in [5, 5.41) is 9.17. The fourth-order valence-electron chi connectivity index (χ4n) is 2.59. The minimum Gasteiger partial charge on any atom is -0.478 e. The van der Waals surface area contributed by atoms with Crippen LogP contribution in [0.4, 0.5) is 0 Å². The van der Waals surface area contributed by atoms with E-state index in [1.165, 1.54) is 26.0 Å². The molecule has 7 heteroatoms. The van der Waals surface area contributed by atoms with Gasteiger partial charge in [0, 0.05) is 13.8 Å². The van der Waals surface area contributed by atoms with E-state index in [9.17, 15) is 14.4 Å². The standard InChI is InChI=1S/C20H15ClO6/c1-20(2)26-18(24)15(19(25)27-20)9-11-3-5-12(6-4-11)13-7-8-14(17(22)23)16(21)10-13/h3-10H,1-2H3,(H,22,23). The van der Waals surface area contributed by atoms with Crippen molar-refractivity contribution in [3.8, 4) is 11.1 Å². The van der Waals surface area contributed by atoms with Gasteiger partial charge in [0.2, 0.25) is 0 Å². The summed E-state index contributed by atoms with van der Waals surface area (Å²) in [5.41, 5.74) is 1.99. The third-order valence-electron chi connectivity index (χ3n) is 3.87. The average molecular weight is 387 g/mol. The lowest BCUT2D eigenvalue weighted by Crippen LogP contribution is -2.41. The summed E-state index contributed by atoms with van der Waals surface area (Å²) in [4.78, 5) is 35.0. The van der Waals surface area contributed by atoms with Crippen molar-refractivity contribution in [2.75, 3.05) is 0 Å². The van der Waals surface area contributed by atoms with Crippen LogP contribution in [0.2, 0.25) is 5.02 Å². The zero-order chi connectivity index (χ0) is 19.8. The fourth-order valence-corrected chi connectivity index (χ4v) is 2.85. The van der Waals surface area contributed by atoms with Gasteiger partial charge in [-0.3, -0.25) is 0 Å². The highest BCUT2D eigenvalue weighted by Gasteiger charge is 2.38. The second-order valence-electron chi connectivity index (χ2n) is 6.36. The number of rotatable bonds is 3. The summed E-state index contributed by atoms with van der Waals surface area (Å²) in [5.74, 6) is -3.85. The number of carboxylic acid groups (broad SMARTS) is 1. The molecule has 0 saturated carbocycles. The van der Waals surface area contributed by atoms with Gasteiger partial charge in [-0.1, -0.05) is 41.9 Å². The molecule has 1 saturated heterocycles. The number of benzene rings is 2. The lowest BCUT2D eigenvalue weighted by Gasteiger charge is -2.29. The first kappa shape index (κ1) is 18.7. The van der Waals surface area contributed by atoms with Crippen molar-refractivity contribution in [1.29, 1.82) is 0 Å². The predicted octanol–water partition coefficient (Wildman–Crippen LogP) is 3.92. The van der Waals surface area contributed by atoms with Gasteiger partial charge < -0.3 is 14.6 Å². The average Bonchev–Trinajstić information content (AvgIpc) is 2.57. The minimum absolute atomic E-state index is 0.0269. The van der Waals surface area contributed by atoms with E-state index in [-0.39, 0.29) is 16.2 Å². The van der Waals surface area contributed by atoms with Gasteiger partial charge in [0.25, 0.3) is 5.79 Å². The Labute approximate surface area is 160 Å². The molecule has 1 fully saturated rings. The van der Waals surface area contributed by atoms with Crippen LogP contribution in [-0.2, 0) is 19.1 Å². The highest BCUT2D eigenvalue weighted by Crippen LogP contribution is 2.28. The van der Waals surface area contributed by atoms with Gasteiger partial charge >= 0.3 is 17.9 Å². The first-order valence-corrected chi connectivity index (χ1v) is 8.36. The predicted molar refractivity (Wildman–Crippen MR) is 98.1 cm³/mol. The van der Waals surface area contributed by atoms with Gasteiger partial charge in [-0.05, 0) is 34.9 Å². The molecule has 6 nitrogen and oxygen atoms in total. The molecule has 0 aliphatic carbocycles. The van der Waals surface area contributed by atoms with Crippen LogP contribution >= 0.6 is 11.6 Å². The smallest absolute Gasteiger partial charge is 0.348 e. The molecule has 0 unspecified atom stereocenters. The molecular weight excluding hydrogens is 372 g/mol. The van der Waals surface area contributed by atoms with E-state index < -0.39 is 23.7 Å². The van der Waals surface area contributed by atoms with Gasteiger partial charge in [-0.2, -0.15) is 0 Å². The number of halogens is 1. The van der Waals surface area contributed by atoms with E-state index in [1.807, 2.05) is 0 Å². The Morgan fingerprint density at radius 3 is 2.07 bits per heavy atom. The zero-order valence-corrected chi connectivity index (χ0v) is 15.2. The first-order valence-electron chi connectivity index (χ1n) is 7.98. The van der Waals surface area contributed by atoms with Gasteiger partial charge in [0.1, 0.15) is 5.57 Å². The highest BCUT2D eigenvalue weighted by atomic mass is 35.5. The maximum Gasteiger partial charge on any atom is 0.348 e. The summed E-state index contributed by atoms with van der Waals surface area (Å²) >= 11 is 6.00. The van der Waals surface area contributed by atoms with Gasteiger partial charge in [-0.25, -0.2) is 14.4 Å². The second kappa shape index (κ2) is 6.89. The Balaban J connectivity index is 1.86. The molecule has 1 aliphatic rings. The highest BCUT2D eigenvalue weighted by molar-refractivity contribution is 6.33. The monoisotopic (exact) mass is 386 g/mol. The van der Waals surface area contributed by atoms with Crippen molar-refractivity contribution in [1.82, 2.24) is 0 Å². The lowest BCUT2D eigenvalue weighted by atomic mass is 10.0. The van der Waals surface area contributed by atoms with Crippen LogP contribution < -0.4 is 0 Å². The molecule has 3 rings (SSSR count). The fraction of sp³-hybridized carbons (Fsp3) is 0.150. The molecule has 1 N–H and O–H groups in total. The largest absolute Gasteiger partial charge is 0.478 e. The van der Waals surface area contributed by atoms with Crippen molar-refractivity contribution in [3.05, 3.63) is 64.2 Å². The molecule has 138 valence electrons. The molecule has 0 amide bonds. The van der Waals surface area contributed by atoms with Crippen LogP contribution in [0.3, 0.4) is 0 Å². The molecule has 2 aromatic carbocycles. The van der Waals surface area contributed by atoms with E-state index in [0.29, 0.717) is 5.56 Å². The van der Waals surface area contributed by atoms with E-state index in [1.54, 1.807) is 36.4 Å². The van der Waals surface area contributed by atoms with Crippen LogP contribution in [-0.4, -0.2) is 28.8 Å². The topological polar surface area (TPSA) is 89.9 Å². The Kier molecular flexibility index (Phi) is 4.76. The maximum atomic E-state index is 12.0. The number of ether oxygens (including phenoxy) is 2. The number of hydrogen-bond acceptors (Lipinski definition) is 5. The summed E-state index contributed by atoms with van der Waals surface area (Å²) in [6, 6.07) is 11.6. The van der Waals surface area contributed by atoms with Crippen molar-refractivity contribution in [2.24, 2.45) is 0 Å². The third-order valence-corrected chi connectivity index (χ3v) is 4.18. The Morgan fingerprint density at radius 2 is 1.56 bits per heavy atom. The summed E-state index contributed by atoms with van der Waals surface area (Å²) < 4.78 is 10.1. The number of esters is 2. The molecule has 1 aliphatic heterocycles. The second-order valence-corrected chi connectivity index (χ2v) is 6.77. The van der Waals surface area contributed by atoms with Crippen LogP contribution in [0.1, 0.15) is 29.8 Å². The SMILES string of the molecule is CC1(C)OC(=O)C(=Cc2ccc(-c3ccc(C(=O)O)c(Cl)c3)cc2)C(=O)O1. The van der Waals surface area contributed by atoms with Crippen molar-refractivity contribution in [3.63, 3.8) is 0 Å². The van der Waals surface area contributed by atoms with Crippen LogP contribution in [0.5, 0.6) is 0 Å². The number of cyclic esters (lactones) is 2. The lowest BCUT2D eigenvalue weighted by molar-refractivity contribution is -0.222. The summed E-state index contributed by atoms with van der Waals surface area (Å²) in [7, 11) is 0. The molecule has 0 aromatic heterocycles. The van der Waals surface area contributed by atoms with Gasteiger partial charge in [-0.15, -0.1) is 0 Å². The maximum absolute atomic E-state index is 12.0. The minimum atomic E-state index is -1.28. The molecular formula is C20H15ClO6. The van der Waals surface area contributed by atoms with Gasteiger partial charge in [0.15, 0.2) is 0 Å². The molecule has 27 heavy (non-hydrogen) atoms. The number of aromatic carboxylic acids is 1. The van der Waals surface area contributed by atoms with Gasteiger partial charge in [0.05, 0.1) is 10.6 Å². The van der Waals surface area contributed by atoms with Crippen molar-refractivity contribution >= 4 is 35.6 Å². The van der Waals surface area contributed by atoms with Crippen molar-refractivity contribution < 1.29 is 29.0 Å². The number of carboxylic acids is 1. The summed E-state index contributed by atoms with van der Waals surface area (Å²) in [6.07, 6.45) is 1.39. The Hall–Kier alpha value is -3.12. The third kappa shape index (κ3) is 4.01. The van der Waals surface area contributed by atoms with E-state index >= 15 is 0 Å². The molecule has 0 bridgehead atoms. The van der Waals surface area contributed by atoms with Crippen LogP contribution in [0, 0.1) is 0 Å². The number of carbonyl (C=O) groups excluding carboxylic acids is 2. The van der Waals surface area contributed by atoms with Crippen LogP contribution in [0.25, 0.3) is 17.2 Å².